The van der Waals surface area contributed by atoms with Crippen molar-refractivity contribution in [1.29, 1.82) is 0 Å². The monoisotopic (exact) mass is 352 g/mol. The molecule has 2 aromatic rings. The van der Waals surface area contributed by atoms with E-state index in [1.54, 1.807) is 6.07 Å². The zero-order valence-corrected chi connectivity index (χ0v) is 14.3. The molecular formula is C15H16N2O4S2. The number of anilines is 2. The van der Waals surface area contributed by atoms with Crippen LogP contribution in [0.5, 0.6) is 0 Å². The lowest BCUT2D eigenvalue weighted by Gasteiger charge is -2.14. The van der Waals surface area contributed by atoms with Crippen LogP contribution in [-0.2, 0) is 21.2 Å². The highest BCUT2D eigenvalue weighted by Gasteiger charge is 2.22. The molecule has 23 heavy (non-hydrogen) atoms. The summed E-state index contributed by atoms with van der Waals surface area (Å²) in [6, 6.07) is 6.58. The van der Waals surface area contributed by atoms with Gasteiger partial charge in [-0.1, -0.05) is 0 Å². The number of hydrogen-bond acceptors (Lipinski definition) is 5. The second kappa shape index (κ2) is 5.86. The lowest BCUT2D eigenvalue weighted by Crippen LogP contribution is -2.16. The van der Waals surface area contributed by atoms with Crippen LogP contribution >= 0.6 is 12.2 Å². The summed E-state index contributed by atoms with van der Waals surface area (Å²) in [5.74, 6) is 0. The van der Waals surface area contributed by atoms with Crippen LogP contribution in [0.2, 0.25) is 0 Å². The lowest BCUT2D eigenvalue weighted by atomic mass is 10.0. The van der Waals surface area contributed by atoms with E-state index in [2.05, 4.69) is 10.0 Å². The number of rotatable bonds is 3. The van der Waals surface area contributed by atoms with Crippen LogP contribution in [0.4, 0.5) is 11.4 Å². The van der Waals surface area contributed by atoms with E-state index in [1.807, 2.05) is 19.9 Å². The Hall–Kier alpha value is -2.06. The molecule has 0 saturated heterocycles. The normalized spacial score (nSPS) is 17.7. The Bertz CT molecular complexity index is 845. The maximum absolute atomic E-state index is 12.3. The van der Waals surface area contributed by atoms with Gasteiger partial charge in [-0.2, -0.15) is 8.42 Å². The highest BCUT2D eigenvalue weighted by atomic mass is 32.2. The molecule has 0 amide bonds. The molecule has 8 heteroatoms. The van der Waals surface area contributed by atoms with E-state index in [9.17, 15) is 8.42 Å². The minimum atomic E-state index is -3.75. The molecule has 1 atom stereocenters. The smallest absolute Gasteiger partial charge is 0.295 e. The molecule has 1 unspecified atom stereocenters. The van der Waals surface area contributed by atoms with Gasteiger partial charge in [-0.05, 0) is 61.5 Å². The highest BCUT2D eigenvalue weighted by Crippen LogP contribution is 2.30. The summed E-state index contributed by atoms with van der Waals surface area (Å²) < 4.78 is 37.6. The van der Waals surface area contributed by atoms with E-state index in [1.165, 1.54) is 18.4 Å². The molecule has 2 N–H and O–H groups in total. The van der Waals surface area contributed by atoms with Crippen LogP contribution in [0.1, 0.15) is 18.1 Å². The molecule has 0 bridgehead atoms. The van der Waals surface area contributed by atoms with Gasteiger partial charge in [-0.25, -0.2) is 0 Å². The van der Waals surface area contributed by atoms with E-state index in [0.29, 0.717) is 17.3 Å². The van der Waals surface area contributed by atoms with Crippen molar-refractivity contribution >= 4 is 38.8 Å². The fourth-order valence-corrected chi connectivity index (χ4v) is 3.76. The molecule has 1 aromatic carbocycles. The predicted octanol–water partition coefficient (Wildman–Crippen LogP) is 3.05. The summed E-state index contributed by atoms with van der Waals surface area (Å²) in [6.45, 7) is 3.73. The largest absolute Gasteiger partial charge is 0.467 e. The quantitative estimate of drug-likeness (QED) is 0.827. The molecule has 0 saturated carbocycles. The van der Waals surface area contributed by atoms with Gasteiger partial charge in [0, 0.05) is 12.1 Å². The number of hydrogen-bond donors (Lipinski definition) is 2. The topological polar surface area (TPSA) is 80.6 Å². The van der Waals surface area contributed by atoms with Gasteiger partial charge in [0.05, 0.1) is 12.0 Å². The number of sulfonamides is 1. The van der Waals surface area contributed by atoms with Gasteiger partial charge < -0.3 is 14.5 Å². The average molecular weight is 352 g/mol. The number of ether oxygens (including phenoxy) is 1. The standard InChI is InChI=1S/C15H16N2O4S2/c1-9-6-13-11(7-10(2)21-15(22)16-13)8-12(9)17-23(18,19)14-4-3-5-20-14/h3-6,8,10,17H,7H2,1-2H3,(H,16,22). The first-order chi connectivity index (χ1) is 10.8. The van der Waals surface area contributed by atoms with Gasteiger partial charge in [0.15, 0.2) is 0 Å². The number of thiocarbonyl (C=S) groups is 1. The van der Waals surface area contributed by atoms with E-state index in [4.69, 9.17) is 21.4 Å². The van der Waals surface area contributed by atoms with Crippen LogP contribution in [0, 0.1) is 6.92 Å². The number of furan rings is 1. The van der Waals surface area contributed by atoms with E-state index < -0.39 is 10.0 Å². The van der Waals surface area contributed by atoms with Crippen molar-refractivity contribution < 1.29 is 17.6 Å². The first kappa shape index (κ1) is 15.8. The van der Waals surface area contributed by atoms with Crippen molar-refractivity contribution in [3.05, 3.63) is 41.7 Å². The number of fused-ring (bicyclic) bond motifs is 1. The average Bonchev–Trinajstić information content (AvgIpc) is 2.94. The molecule has 1 aliphatic rings. The molecule has 3 rings (SSSR count). The van der Waals surface area contributed by atoms with Crippen molar-refractivity contribution in [2.24, 2.45) is 0 Å². The molecule has 0 aliphatic carbocycles. The number of benzene rings is 1. The van der Waals surface area contributed by atoms with Gasteiger partial charge in [0.25, 0.3) is 15.2 Å². The van der Waals surface area contributed by atoms with Gasteiger partial charge >= 0.3 is 0 Å². The summed E-state index contributed by atoms with van der Waals surface area (Å²) in [7, 11) is -3.75. The Kier molecular flexibility index (Phi) is 4.03. The summed E-state index contributed by atoms with van der Waals surface area (Å²) >= 11 is 5.11. The SMILES string of the molecule is Cc1cc2c(cc1NS(=O)(=O)c1ccco1)CC(C)OC(=S)N2. The molecule has 0 fully saturated rings. The molecular weight excluding hydrogens is 336 g/mol. The van der Waals surface area contributed by atoms with Crippen molar-refractivity contribution in [2.45, 2.75) is 31.5 Å². The Morgan fingerprint density at radius 1 is 1.39 bits per heavy atom. The van der Waals surface area contributed by atoms with Crippen LogP contribution in [0.3, 0.4) is 0 Å². The van der Waals surface area contributed by atoms with Crippen LogP contribution in [-0.4, -0.2) is 19.7 Å². The van der Waals surface area contributed by atoms with Gasteiger partial charge in [0.2, 0.25) is 5.09 Å². The maximum atomic E-state index is 12.3. The second-order valence-corrected chi connectivity index (χ2v) is 7.39. The minimum Gasteiger partial charge on any atom is -0.467 e. The molecule has 122 valence electrons. The summed E-state index contributed by atoms with van der Waals surface area (Å²) in [5, 5.41) is 3.22. The van der Waals surface area contributed by atoms with Crippen molar-refractivity contribution in [3.8, 4) is 0 Å². The van der Waals surface area contributed by atoms with Crippen molar-refractivity contribution in [2.75, 3.05) is 10.0 Å². The zero-order valence-electron chi connectivity index (χ0n) is 12.6. The number of aryl methyl sites for hydroxylation is 1. The number of nitrogens with one attached hydrogen (secondary N) is 2. The Labute approximate surface area is 139 Å². The summed E-state index contributed by atoms with van der Waals surface area (Å²) in [5.41, 5.74) is 3.03. The van der Waals surface area contributed by atoms with E-state index >= 15 is 0 Å². The van der Waals surface area contributed by atoms with E-state index in [0.717, 1.165) is 16.8 Å². The first-order valence-corrected chi connectivity index (χ1v) is 8.92. The highest BCUT2D eigenvalue weighted by molar-refractivity contribution is 7.92. The fraction of sp³-hybridized carbons (Fsp3) is 0.267. The minimum absolute atomic E-state index is 0.0894. The van der Waals surface area contributed by atoms with Crippen LogP contribution in [0.25, 0.3) is 0 Å². The Balaban J connectivity index is 1.97. The third kappa shape index (κ3) is 3.32. The van der Waals surface area contributed by atoms with Crippen molar-refractivity contribution in [1.82, 2.24) is 0 Å². The Morgan fingerprint density at radius 3 is 2.87 bits per heavy atom. The molecule has 1 aromatic heterocycles. The fourth-order valence-electron chi connectivity index (χ4n) is 2.43. The second-order valence-electron chi connectivity index (χ2n) is 5.41. The van der Waals surface area contributed by atoms with Crippen LogP contribution < -0.4 is 10.0 Å². The first-order valence-electron chi connectivity index (χ1n) is 7.02. The molecule has 0 spiro atoms. The maximum Gasteiger partial charge on any atom is 0.295 e. The van der Waals surface area contributed by atoms with E-state index in [-0.39, 0.29) is 11.2 Å². The molecule has 0 radical (unpaired) electrons. The van der Waals surface area contributed by atoms with Gasteiger partial charge in [-0.15, -0.1) is 0 Å². The predicted molar refractivity (Wildman–Crippen MR) is 91.2 cm³/mol. The molecule has 6 nitrogen and oxygen atoms in total. The molecule has 1 aliphatic heterocycles. The lowest BCUT2D eigenvalue weighted by molar-refractivity contribution is 0.217. The van der Waals surface area contributed by atoms with Crippen molar-refractivity contribution in [3.63, 3.8) is 0 Å². The third-order valence-corrected chi connectivity index (χ3v) is 4.96. The summed E-state index contributed by atoms with van der Waals surface area (Å²) in [4.78, 5) is 0. The van der Waals surface area contributed by atoms with Crippen LogP contribution in [0.15, 0.2) is 40.0 Å². The summed E-state index contributed by atoms with van der Waals surface area (Å²) in [6.07, 6.45) is 1.86. The third-order valence-electron chi connectivity index (χ3n) is 3.51. The molecule has 2 heterocycles. The zero-order chi connectivity index (χ0) is 16.6. The Morgan fingerprint density at radius 2 is 2.17 bits per heavy atom. The van der Waals surface area contributed by atoms with Gasteiger partial charge in [0.1, 0.15) is 6.10 Å². The van der Waals surface area contributed by atoms with Gasteiger partial charge in [-0.3, -0.25) is 4.72 Å².